The molecule has 0 N–H and O–H groups in total. The second-order valence-electron chi connectivity index (χ2n) is 6.01. The lowest BCUT2D eigenvalue weighted by Crippen LogP contribution is -2.49. The van der Waals surface area contributed by atoms with Crippen LogP contribution in [0.1, 0.15) is 17.3 Å². The number of aromatic nitrogens is 2. The number of hydrogen-bond donors (Lipinski definition) is 0. The average molecular weight is 372 g/mol. The largest absolute Gasteiger partial charge is 0.493 e. The van der Waals surface area contributed by atoms with Gasteiger partial charge in [0.05, 0.1) is 20.8 Å². The molecule has 1 fully saturated rings. The summed E-state index contributed by atoms with van der Waals surface area (Å²) in [5.74, 6) is 2.44. The lowest BCUT2D eigenvalue weighted by atomic mass is 10.1. The highest BCUT2D eigenvalue weighted by Gasteiger charge is 2.24. The highest BCUT2D eigenvalue weighted by molar-refractivity contribution is 5.95. The molecule has 3 rings (SSSR count). The average Bonchev–Trinajstić information content (AvgIpc) is 2.73. The zero-order valence-corrected chi connectivity index (χ0v) is 15.8. The fourth-order valence-electron chi connectivity index (χ4n) is 3.00. The maximum atomic E-state index is 12.8. The van der Waals surface area contributed by atoms with Crippen molar-refractivity contribution in [3.05, 3.63) is 35.9 Å². The molecule has 1 saturated heterocycles. The second-order valence-corrected chi connectivity index (χ2v) is 6.01. The normalized spacial score (nSPS) is 14.0. The van der Waals surface area contributed by atoms with E-state index < -0.39 is 0 Å². The molecule has 1 aliphatic heterocycles. The van der Waals surface area contributed by atoms with E-state index in [0.29, 0.717) is 55.7 Å². The number of hydrogen-bond acceptors (Lipinski definition) is 7. The van der Waals surface area contributed by atoms with E-state index in [1.165, 1.54) is 0 Å². The van der Waals surface area contributed by atoms with Crippen LogP contribution >= 0.6 is 0 Å². The van der Waals surface area contributed by atoms with Gasteiger partial charge < -0.3 is 24.0 Å². The molecule has 2 heterocycles. The number of nitrogens with zero attached hydrogens (tertiary/aromatic N) is 4. The van der Waals surface area contributed by atoms with Gasteiger partial charge in [0, 0.05) is 37.8 Å². The number of ether oxygens (including phenoxy) is 3. The smallest absolute Gasteiger partial charge is 0.254 e. The minimum Gasteiger partial charge on any atom is -0.493 e. The third-order valence-electron chi connectivity index (χ3n) is 4.44. The predicted octanol–water partition coefficient (Wildman–Crippen LogP) is 1.85. The summed E-state index contributed by atoms with van der Waals surface area (Å²) in [4.78, 5) is 16.7. The number of methoxy groups -OCH3 is 2. The fourth-order valence-corrected chi connectivity index (χ4v) is 3.00. The van der Waals surface area contributed by atoms with Crippen molar-refractivity contribution in [3.8, 4) is 17.4 Å². The van der Waals surface area contributed by atoms with E-state index in [0.717, 1.165) is 5.82 Å². The monoisotopic (exact) mass is 372 g/mol. The minimum absolute atomic E-state index is 0.0200. The predicted molar refractivity (Wildman–Crippen MR) is 101 cm³/mol. The van der Waals surface area contributed by atoms with Gasteiger partial charge in [0.2, 0.25) is 5.88 Å². The SMILES string of the molecule is CCOc1ccc(N2CCN(C(=O)c3ccc(OC)c(OC)c3)CC2)nn1. The Bertz CT molecular complexity index is 774. The maximum absolute atomic E-state index is 12.8. The van der Waals surface area contributed by atoms with Crippen molar-refractivity contribution < 1.29 is 19.0 Å². The topological polar surface area (TPSA) is 77.0 Å². The highest BCUT2D eigenvalue weighted by Crippen LogP contribution is 2.28. The van der Waals surface area contributed by atoms with Gasteiger partial charge in [-0.1, -0.05) is 0 Å². The Hall–Kier alpha value is -3.03. The zero-order chi connectivity index (χ0) is 19.2. The molecule has 0 atom stereocenters. The summed E-state index contributed by atoms with van der Waals surface area (Å²) in [7, 11) is 3.13. The van der Waals surface area contributed by atoms with Crippen molar-refractivity contribution in [2.24, 2.45) is 0 Å². The van der Waals surface area contributed by atoms with Crippen molar-refractivity contribution in [1.29, 1.82) is 0 Å². The van der Waals surface area contributed by atoms with Gasteiger partial charge >= 0.3 is 0 Å². The molecule has 1 aromatic heterocycles. The van der Waals surface area contributed by atoms with Gasteiger partial charge in [-0.15, -0.1) is 10.2 Å². The molecule has 0 bridgehead atoms. The molecular formula is C19H24N4O4. The quantitative estimate of drug-likeness (QED) is 0.766. The van der Waals surface area contributed by atoms with E-state index >= 15 is 0 Å². The summed E-state index contributed by atoms with van der Waals surface area (Å²) < 4.78 is 15.8. The molecule has 2 aromatic rings. The van der Waals surface area contributed by atoms with Crippen LogP contribution in [-0.2, 0) is 0 Å². The summed E-state index contributed by atoms with van der Waals surface area (Å²) in [6.45, 7) is 5.09. The van der Waals surface area contributed by atoms with Crippen molar-refractivity contribution >= 4 is 11.7 Å². The van der Waals surface area contributed by atoms with Crippen LogP contribution in [0.3, 0.4) is 0 Å². The first-order chi connectivity index (χ1) is 13.2. The van der Waals surface area contributed by atoms with Gasteiger partial charge in [-0.05, 0) is 31.2 Å². The molecule has 1 aromatic carbocycles. The van der Waals surface area contributed by atoms with E-state index in [1.807, 2.05) is 24.0 Å². The van der Waals surface area contributed by atoms with E-state index in [9.17, 15) is 4.79 Å². The molecule has 0 saturated carbocycles. The third kappa shape index (κ3) is 4.21. The van der Waals surface area contributed by atoms with Crippen LogP contribution in [0.2, 0.25) is 0 Å². The Labute approximate surface area is 158 Å². The lowest BCUT2D eigenvalue weighted by Gasteiger charge is -2.35. The first-order valence-electron chi connectivity index (χ1n) is 8.89. The number of rotatable bonds is 6. The molecule has 8 nitrogen and oxygen atoms in total. The molecule has 8 heteroatoms. The van der Waals surface area contributed by atoms with Gasteiger partial charge in [0.15, 0.2) is 17.3 Å². The first kappa shape index (κ1) is 18.8. The number of carbonyl (C=O) groups is 1. The van der Waals surface area contributed by atoms with Gasteiger partial charge in [0.1, 0.15) is 0 Å². The standard InChI is InChI=1S/C19H24N4O4/c1-4-27-18-8-7-17(20-21-18)22-9-11-23(12-10-22)19(24)14-5-6-15(25-2)16(13-14)26-3/h5-8,13H,4,9-12H2,1-3H3. The van der Waals surface area contributed by atoms with Crippen molar-refractivity contribution in [2.45, 2.75) is 6.92 Å². The summed E-state index contributed by atoms with van der Waals surface area (Å²) in [6.07, 6.45) is 0. The molecule has 0 spiro atoms. The molecule has 0 radical (unpaired) electrons. The highest BCUT2D eigenvalue weighted by atomic mass is 16.5. The van der Waals surface area contributed by atoms with Crippen LogP contribution in [0.5, 0.6) is 17.4 Å². The first-order valence-corrected chi connectivity index (χ1v) is 8.89. The summed E-state index contributed by atoms with van der Waals surface area (Å²) in [5, 5.41) is 8.27. The Morgan fingerprint density at radius 1 is 1.00 bits per heavy atom. The molecule has 27 heavy (non-hydrogen) atoms. The van der Waals surface area contributed by atoms with Gasteiger partial charge in [-0.2, -0.15) is 0 Å². The van der Waals surface area contributed by atoms with Crippen LogP contribution < -0.4 is 19.1 Å². The Morgan fingerprint density at radius 3 is 2.33 bits per heavy atom. The van der Waals surface area contributed by atoms with Crippen LogP contribution in [0.15, 0.2) is 30.3 Å². The Kier molecular flexibility index (Phi) is 5.95. The van der Waals surface area contributed by atoms with Crippen LogP contribution in [0, 0.1) is 0 Å². The number of carbonyl (C=O) groups excluding carboxylic acids is 1. The van der Waals surface area contributed by atoms with Crippen molar-refractivity contribution in [3.63, 3.8) is 0 Å². The van der Waals surface area contributed by atoms with E-state index in [4.69, 9.17) is 14.2 Å². The second kappa shape index (κ2) is 8.57. The van der Waals surface area contributed by atoms with Gasteiger partial charge in [-0.3, -0.25) is 4.79 Å². The molecule has 1 amide bonds. The van der Waals surface area contributed by atoms with Gasteiger partial charge in [0.25, 0.3) is 5.91 Å². The molecule has 1 aliphatic rings. The Morgan fingerprint density at radius 2 is 1.74 bits per heavy atom. The van der Waals surface area contributed by atoms with Crippen molar-refractivity contribution in [2.75, 3.05) is 51.9 Å². The summed E-state index contributed by atoms with van der Waals surface area (Å²) in [6, 6.07) is 8.92. The van der Waals surface area contributed by atoms with E-state index in [2.05, 4.69) is 15.1 Å². The number of piperazine rings is 1. The molecule has 144 valence electrons. The minimum atomic E-state index is -0.0200. The summed E-state index contributed by atoms with van der Waals surface area (Å²) in [5.41, 5.74) is 0.585. The zero-order valence-electron chi connectivity index (χ0n) is 15.8. The van der Waals surface area contributed by atoms with E-state index in [1.54, 1.807) is 32.4 Å². The van der Waals surface area contributed by atoms with Crippen LogP contribution in [0.25, 0.3) is 0 Å². The lowest BCUT2D eigenvalue weighted by molar-refractivity contribution is 0.0746. The number of amides is 1. The summed E-state index contributed by atoms with van der Waals surface area (Å²) >= 11 is 0. The number of benzene rings is 1. The van der Waals surface area contributed by atoms with Gasteiger partial charge in [-0.25, -0.2) is 0 Å². The Balaban J connectivity index is 1.62. The van der Waals surface area contributed by atoms with Crippen LogP contribution in [-0.4, -0.2) is 68.0 Å². The molecular weight excluding hydrogens is 348 g/mol. The molecule has 0 aliphatic carbocycles. The fraction of sp³-hybridized carbons (Fsp3) is 0.421. The van der Waals surface area contributed by atoms with Crippen molar-refractivity contribution in [1.82, 2.24) is 15.1 Å². The van der Waals surface area contributed by atoms with E-state index in [-0.39, 0.29) is 5.91 Å². The number of anilines is 1. The van der Waals surface area contributed by atoms with Crippen LogP contribution in [0.4, 0.5) is 5.82 Å². The molecule has 0 unspecified atom stereocenters. The third-order valence-corrected chi connectivity index (χ3v) is 4.44. The maximum Gasteiger partial charge on any atom is 0.254 e.